The Morgan fingerprint density at radius 3 is 2.56 bits per heavy atom. The van der Waals surface area contributed by atoms with Crippen molar-refractivity contribution in [3.63, 3.8) is 0 Å². The molecule has 0 radical (unpaired) electrons. The van der Waals surface area contributed by atoms with Crippen LogP contribution in [-0.2, 0) is 25.5 Å². The zero-order chi connectivity index (χ0) is 23.1. The second-order valence-corrected chi connectivity index (χ2v) is 7.18. The molecular weight excluding hydrogens is 417 g/mol. The summed E-state index contributed by atoms with van der Waals surface area (Å²) in [5, 5.41) is 3.39. The van der Waals surface area contributed by atoms with Crippen molar-refractivity contribution in [1.29, 1.82) is 0 Å². The van der Waals surface area contributed by atoms with Crippen LogP contribution in [0.5, 0.6) is 0 Å². The number of ether oxygens (including phenoxy) is 1. The molecular formula is C23H22FN3O5. The van der Waals surface area contributed by atoms with Crippen molar-refractivity contribution < 1.29 is 23.5 Å². The van der Waals surface area contributed by atoms with Gasteiger partial charge < -0.3 is 19.9 Å². The van der Waals surface area contributed by atoms with Crippen LogP contribution >= 0.6 is 0 Å². The first-order chi connectivity index (χ1) is 15.3. The number of carbonyl (C=O) groups is 3. The summed E-state index contributed by atoms with van der Waals surface area (Å²) >= 11 is 0. The Balaban J connectivity index is 1.43. The highest BCUT2D eigenvalue weighted by molar-refractivity contribution is 5.94. The molecule has 1 heterocycles. The van der Waals surface area contributed by atoms with Gasteiger partial charge in [-0.15, -0.1) is 0 Å². The van der Waals surface area contributed by atoms with Crippen LogP contribution in [-0.4, -0.2) is 47.9 Å². The second-order valence-electron chi connectivity index (χ2n) is 7.18. The number of amides is 2. The van der Waals surface area contributed by atoms with Crippen LogP contribution in [0, 0.1) is 5.82 Å². The summed E-state index contributed by atoms with van der Waals surface area (Å²) in [5.41, 5.74) is 1.27. The van der Waals surface area contributed by atoms with E-state index in [1.54, 1.807) is 12.1 Å². The Labute approximate surface area is 183 Å². The molecule has 3 aromatic rings. The molecule has 0 spiro atoms. The maximum Gasteiger partial charge on any atom is 0.306 e. The van der Waals surface area contributed by atoms with Crippen LogP contribution in [0.1, 0.15) is 12.0 Å². The van der Waals surface area contributed by atoms with Gasteiger partial charge in [-0.25, -0.2) is 4.39 Å². The van der Waals surface area contributed by atoms with E-state index in [1.165, 1.54) is 31.3 Å². The number of para-hydroxylation sites is 1. The highest BCUT2D eigenvalue weighted by Gasteiger charge is 2.16. The minimum Gasteiger partial charge on any atom is -0.456 e. The average Bonchev–Trinajstić information content (AvgIpc) is 2.77. The maximum atomic E-state index is 12.9. The lowest BCUT2D eigenvalue weighted by Gasteiger charge is -2.16. The largest absolute Gasteiger partial charge is 0.456 e. The SMILES string of the molecule is CN(CC(=O)Nc1ccc(F)cc1)C(=O)COC(=O)CCc1cc2ccccc2[nH]c1=O. The summed E-state index contributed by atoms with van der Waals surface area (Å²) in [6.07, 6.45) is 0.104. The van der Waals surface area contributed by atoms with Crippen molar-refractivity contribution in [1.82, 2.24) is 9.88 Å². The number of hydrogen-bond acceptors (Lipinski definition) is 5. The zero-order valence-electron chi connectivity index (χ0n) is 17.4. The van der Waals surface area contributed by atoms with Gasteiger partial charge >= 0.3 is 5.97 Å². The molecule has 0 aliphatic heterocycles. The van der Waals surface area contributed by atoms with Gasteiger partial charge in [0.1, 0.15) is 5.82 Å². The molecule has 166 valence electrons. The Morgan fingerprint density at radius 2 is 1.81 bits per heavy atom. The fraction of sp³-hybridized carbons (Fsp3) is 0.217. The van der Waals surface area contributed by atoms with Crippen LogP contribution < -0.4 is 10.9 Å². The Kier molecular flexibility index (Phi) is 7.33. The topological polar surface area (TPSA) is 109 Å². The summed E-state index contributed by atoms with van der Waals surface area (Å²) < 4.78 is 17.9. The van der Waals surface area contributed by atoms with Gasteiger partial charge in [-0.3, -0.25) is 19.2 Å². The van der Waals surface area contributed by atoms with Crippen molar-refractivity contribution in [2.45, 2.75) is 12.8 Å². The molecule has 1 aromatic heterocycles. The van der Waals surface area contributed by atoms with Crippen molar-refractivity contribution in [2.24, 2.45) is 0 Å². The van der Waals surface area contributed by atoms with Gasteiger partial charge in [-0.05, 0) is 48.2 Å². The number of pyridine rings is 1. The summed E-state index contributed by atoms with van der Waals surface area (Å²) in [5.74, 6) is -2.09. The highest BCUT2D eigenvalue weighted by Crippen LogP contribution is 2.11. The first-order valence-corrected chi connectivity index (χ1v) is 9.88. The third-order valence-corrected chi connectivity index (χ3v) is 4.72. The number of aromatic amines is 1. The van der Waals surface area contributed by atoms with E-state index in [-0.39, 0.29) is 24.9 Å². The first-order valence-electron chi connectivity index (χ1n) is 9.88. The molecule has 0 saturated carbocycles. The van der Waals surface area contributed by atoms with Crippen molar-refractivity contribution >= 4 is 34.4 Å². The normalized spacial score (nSPS) is 10.6. The lowest BCUT2D eigenvalue weighted by molar-refractivity contribution is -0.151. The zero-order valence-corrected chi connectivity index (χ0v) is 17.4. The predicted octanol–water partition coefficient (Wildman–Crippen LogP) is 2.24. The third-order valence-electron chi connectivity index (χ3n) is 4.72. The fourth-order valence-corrected chi connectivity index (χ4v) is 2.98. The highest BCUT2D eigenvalue weighted by atomic mass is 19.1. The molecule has 0 aliphatic rings. The molecule has 32 heavy (non-hydrogen) atoms. The lowest BCUT2D eigenvalue weighted by Crippen LogP contribution is -2.37. The molecule has 0 saturated heterocycles. The number of nitrogens with one attached hydrogen (secondary N) is 2. The van der Waals surface area contributed by atoms with Crippen molar-refractivity contribution in [2.75, 3.05) is 25.5 Å². The smallest absolute Gasteiger partial charge is 0.306 e. The lowest BCUT2D eigenvalue weighted by atomic mass is 10.1. The molecule has 2 amide bonds. The number of fused-ring (bicyclic) bond motifs is 1. The number of halogens is 1. The molecule has 0 atom stereocenters. The monoisotopic (exact) mass is 439 g/mol. The Bertz CT molecular complexity index is 1190. The quantitative estimate of drug-likeness (QED) is 0.524. The van der Waals surface area contributed by atoms with E-state index in [0.717, 1.165) is 10.3 Å². The molecule has 2 N–H and O–H groups in total. The van der Waals surface area contributed by atoms with Gasteiger partial charge in [-0.1, -0.05) is 18.2 Å². The number of carbonyl (C=O) groups excluding carboxylic acids is 3. The van der Waals surface area contributed by atoms with E-state index in [1.807, 2.05) is 18.2 Å². The minimum atomic E-state index is -0.630. The van der Waals surface area contributed by atoms with E-state index in [9.17, 15) is 23.6 Å². The summed E-state index contributed by atoms with van der Waals surface area (Å²) in [6.45, 7) is -0.784. The first kappa shape index (κ1) is 22.7. The summed E-state index contributed by atoms with van der Waals surface area (Å²) in [6, 6.07) is 14.2. The van der Waals surface area contributed by atoms with E-state index in [0.29, 0.717) is 16.8 Å². The number of anilines is 1. The van der Waals surface area contributed by atoms with Gasteiger partial charge in [0.2, 0.25) is 5.91 Å². The number of aromatic nitrogens is 1. The molecule has 0 aliphatic carbocycles. The maximum absolute atomic E-state index is 12.9. The van der Waals surface area contributed by atoms with E-state index in [4.69, 9.17) is 4.74 Å². The van der Waals surface area contributed by atoms with Crippen LogP contribution in [0.3, 0.4) is 0 Å². The summed E-state index contributed by atoms with van der Waals surface area (Å²) in [4.78, 5) is 52.1. The van der Waals surface area contributed by atoms with Crippen molar-refractivity contribution in [3.05, 3.63) is 76.3 Å². The number of likely N-dealkylation sites (N-methyl/N-ethyl adjacent to an activating group) is 1. The van der Waals surface area contributed by atoms with Crippen LogP contribution in [0.25, 0.3) is 10.9 Å². The van der Waals surface area contributed by atoms with E-state index >= 15 is 0 Å². The second kappa shape index (κ2) is 10.3. The van der Waals surface area contributed by atoms with Gasteiger partial charge in [0.15, 0.2) is 6.61 Å². The molecule has 0 unspecified atom stereocenters. The number of esters is 1. The summed E-state index contributed by atoms with van der Waals surface area (Å²) in [7, 11) is 1.40. The molecule has 2 aromatic carbocycles. The number of benzene rings is 2. The number of nitrogens with zero attached hydrogens (tertiary/aromatic N) is 1. The molecule has 0 fully saturated rings. The average molecular weight is 439 g/mol. The third kappa shape index (κ3) is 6.24. The predicted molar refractivity (Wildman–Crippen MR) is 117 cm³/mol. The van der Waals surface area contributed by atoms with Crippen LogP contribution in [0.15, 0.2) is 59.4 Å². The molecule has 8 nitrogen and oxygen atoms in total. The van der Waals surface area contributed by atoms with E-state index < -0.39 is 30.2 Å². The molecule has 0 bridgehead atoms. The van der Waals surface area contributed by atoms with Gasteiger partial charge in [-0.2, -0.15) is 0 Å². The van der Waals surface area contributed by atoms with Gasteiger partial charge in [0, 0.05) is 30.2 Å². The standard InChI is InChI=1S/C23H22FN3O5/c1-27(13-20(28)25-18-9-7-17(24)8-10-18)21(29)14-32-22(30)11-6-16-12-15-4-2-3-5-19(15)26-23(16)31/h2-5,7-10,12H,6,11,13-14H2,1H3,(H,25,28)(H,26,31). The number of aryl methyl sites for hydroxylation is 1. The van der Waals surface area contributed by atoms with Crippen molar-refractivity contribution in [3.8, 4) is 0 Å². The van der Waals surface area contributed by atoms with Gasteiger partial charge in [0.05, 0.1) is 6.54 Å². The number of hydrogen-bond donors (Lipinski definition) is 2. The van der Waals surface area contributed by atoms with Gasteiger partial charge in [0.25, 0.3) is 11.5 Å². The minimum absolute atomic E-state index is 0.0660. The van der Waals surface area contributed by atoms with E-state index in [2.05, 4.69) is 10.3 Å². The molecule has 3 rings (SSSR count). The fourth-order valence-electron chi connectivity index (χ4n) is 2.98. The van der Waals surface area contributed by atoms with Crippen LogP contribution in [0.4, 0.5) is 10.1 Å². The molecule has 9 heteroatoms. The number of rotatable bonds is 8. The Hall–Kier alpha value is -4.01. The van der Waals surface area contributed by atoms with Crippen LogP contribution in [0.2, 0.25) is 0 Å². The number of H-pyrrole nitrogens is 1. The Morgan fingerprint density at radius 1 is 1.09 bits per heavy atom.